The minimum absolute atomic E-state index is 0.450. The molecule has 0 saturated heterocycles. The van der Waals surface area contributed by atoms with Crippen molar-refractivity contribution in [2.45, 2.75) is 26.2 Å². The maximum absolute atomic E-state index is 5.61. The van der Waals surface area contributed by atoms with Crippen LogP contribution in [0, 0.1) is 0 Å². The van der Waals surface area contributed by atoms with E-state index in [1.54, 1.807) is 13.3 Å². The maximum atomic E-state index is 5.61. The van der Waals surface area contributed by atoms with Gasteiger partial charge in [0.2, 0.25) is 0 Å². The van der Waals surface area contributed by atoms with Crippen molar-refractivity contribution >= 4 is 0 Å². The van der Waals surface area contributed by atoms with Gasteiger partial charge in [0, 0.05) is 5.56 Å². The summed E-state index contributed by atoms with van der Waals surface area (Å²) in [6, 6.07) is 6.15. The van der Waals surface area contributed by atoms with Gasteiger partial charge >= 0.3 is 0 Å². The van der Waals surface area contributed by atoms with Gasteiger partial charge in [0.15, 0.2) is 5.76 Å². The summed E-state index contributed by atoms with van der Waals surface area (Å²) < 4.78 is 10.8. The van der Waals surface area contributed by atoms with Gasteiger partial charge in [-0.25, -0.2) is 0 Å². The summed E-state index contributed by atoms with van der Waals surface area (Å²) in [6.07, 6.45) is 2.47. The van der Waals surface area contributed by atoms with Gasteiger partial charge < -0.3 is 15.0 Å². The molecule has 0 saturated carbocycles. The molecule has 0 radical (unpaired) electrons. The van der Waals surface area contributed by atoms with E-state index >= 15 is 0 Å². The zero-order valence-corrected chi connectivity index (χ0v) is 11.6. The van der Waals surface area contributed by atoms with E-state index in [0.29, 0.717) is 12.5 Å². The van der Waals surface area contributed by atoms with Crippen molar-refractivity contribution in [2.24, 2.45) is 5.73 Å². The third kappa shape index (κ3) is 2.79. The summed E-state index contributed by atoms with van der Waals surface area (Å²) in [5, 5.41) is 3.88. The smallest absolute Gasteiger partial charge is 0.173 e. The number of methoxy groups -OCH3 is 1. The van der Waals surface area contributed by atoms with Crippen LogP contribution in [0.15, 0.2) is 28.9 Å². The summed E-state index contributed by atoms with van der Waals surface area (Å²) in [6.45, 7) is 4.89. The lowest BCUT2D eigenvalue weighted by atomic mass is 9.97. The van der Waals surface area contributed by atoms with Crippen molar-refractivity contribution in [3.8, 4) is 17.1 Å². The first kappa shape index (κ1) is 13.6. The van der Waals surface area contributed by atoms with E-state index < -0.39 is 0 Å². The minimum Gasteiger partial charge on any atom is -0.496 e. The van der Waals surface area contributed by atoms with Crippen LogP contribution in [0.5, 0.6) is 5.75 Å². The van der Waals surface area contributed by atoms with Crippen LogP contribution in [0.4, 0.5) is 0 Å². The number of nitrogens with zero attached hydrogens (tertiary/aromatic N) is 1. The highest BCUT2D eigenvalue weighted by molar-refractivity contribution is 5.69. The van der Waals surface area contributed by atoms with E-state index in [9.17, 15) is 0 Å². The number of ether oxygens (including phenoxy) is 1. The molecule has 19 heavy (non-hydrogen) atoms. The van der Waals surface area contributed by atoms with Crippen LogP contribution in [0.2, 0.25) is 0 Å². The van der Waals surface area contributed by atoms with Crippen LogP contribution in [-0.4, -0.2) is 18.8 Å². The summed E-state index contributed by atoms with van der Waals surface area (Å²) in [5.41, 5.74) is 8.81. The van der Waals surface area contributed by atoms with Gasteiger partial charge in [-0.3, -0.25) is 0 Å². The number of rotatable bonds is 5. The first-order valence-electron chi connectivity index (χ1n) is 6.49. The van der Waals surface area contributed by atoms with Crippen LogP contribution < -0.4 is 10.5 Å². The molecule has 1 aromatic heterocycles. The van der Waals surface area contributed by atoms with Gasteiger partial charge in [-0.05, 0) is 36.6 Å². The second-order valence-corrected chi connectivity index (χ2v) is 4.83. The van der Waals surface area contributed by atoms with E-state index in [1.807, 2.05) is 6.07 Å². The Bertz CT molecular complexity index is 547. The molecule has 1 aromatic carbocycles. The van der Waals surface area contributed by atoms with E-state index in [-0.39, 0.29) is 0 Å². The molecule has 4 nitrogen and oxygen atoms in total. The molecular weight excluding hydrogens is 240 g/mol. The van der Waals surface area contributed by atoms with Crippen LogP contribution >= 0.6 is 0 Å². The van der Waals surface area contributed by atoms with E-state index in [2.05, 4.69) is 31.1 Å². The number of benzene rings is 1. The van der Waals surface area contributed by atoms with E-state index in [4.69, 9.17) is 15.0 Å². The van der Waals surface area contributed by atoms with Crippen LogP contribution in [-0.2, 0) is 6.42 Å². The van der Waals surface area contributed by atoms with Crippen LogP contribution in [0.25, 0.3) is 11.3 Å². The highest BCUT2D eigenvalue weighted by Crippen LogP contribution is 2.34. The molecule has 0 aliphatic rings. The highest BCUT2D eigenvalue weighted by Gasteiger charge is 2.16. The van der Waals surface area contributed by atoms with Crippen LogP contribution in [0.3, 0.4) is 0 Å². The highest BCUT2D eigenvalue weighted by atomic mass is 16.5. The summed E-state index contributed by atoms with van der Waals surface area (Å²) in [7, 11) is 1.66. The predicted molar refractivity (Wildman–Crippen MR) is 75.3 cm³/mol. The lowest BCUT2D eigenvalue weighted by Gasteiger charge is -2.11. The Morgan fingerprint density at radius 1 is 1.37 bits per heavy atom. The Labute approximate surface area is 113 Å². The lowest BCUT2D eigenvalue weighted by Crippen LogP contribution is -2.03. The molecule has 2 aromatic rings. The first-order chi connectivity index (χ1) is 9.17. The standard InChI is InChI=1S/C15H20N2O2/c1-10(2)11-4-5-14(18-3)13(8-11)15-12(6-7-16)9-17-19-15/h4-5,8-10H,6-7,16H2,1-3H3. The molecule has 1 heterocycles. The Morgan fingerprint density at radius 2 is 2.16 bits per heavy atom. The van der Waals surface area contributed by atoms with Crippen molar-refractivity contribution in [1.82, 2.24) is 5.16 Å². The van der Waals surface area contributed by atoms with Gasteiger partial charge in [-0.15, -0.1) is 0 Å². The summed E-state index contributed by atoms with van der Waals surface area (Å²) >= 11 is 0. The average Bonchev–Trinajstić information content (AvgIpc) is 2.86. The van der Waals surface area contributed by atoms with Crippen molar-refractivity contribution < 1.29 is 9.26 Å². The first-order valence-corrected chi connectivity index (χ1v) is 6.49. The van der Waals surface area contributed by atoms with Gasteiger partial charge in [0.05, 0.1) is 18.9 Å². The third-order valence-electron chi connectivity index (χ3n) is 3.19. The van der Waals surface area contributed by atoms with Gasteiger partial charge in [-0.1, -0.05) is 25.1 Å². The normalized spacial score (nSPS) is 11.0. The second kappa shape index (κ2) is 5.89. The maximum Gasteiger partial charge on any atom is 0.173 e. The molecular formula is C15H20N2O2. The molecule has 0 bridgehead atoms. The molecule has 4 heteroatoms. The largest absolute Gasteiger partial charge is 0.496 e. The molecule has 0 unspecified atom stereocenters. The average molecular weight is 260 g/mol. The Morgan fingerprint density at radius 3 is 2.79 bits per heavy atom. The summed E-state index contributed by atoms with van der Waals surface area (Å²) in [4.78, 5) is 0. The number of hydrogen-bond donors (Lipinski definition) is 1. The quantitative estimate of drug-likeness (QED) is 0.897. The van der Waals surface area contributed by atoms with Gasteiger partial charge in [-0.2, -0.15) is 0 Å². The number of aromatic nitrogens is 1. The fourth-order valence-electron chi connectivity index (χ4n) is 2.08. The number of hydrogen-bond acceptors (Lipinski definition) is 4. The Hall–Kier alpha value is -1.81. The van der Waals surface area contributed by atoms with E-state index in [1.165, 1.54) is 5.56 Å². The number of nitrogens with two attached hydrogens (primary N) is 1. The molecule has 0 spiro atoms. The molecule has 0 aliphatic carbocycles. The zero-order chi connectivity index (χ0) is 13.8. The van der Waals surface area contributed by atoms with Gasteiger partial charge in [0.25, 0.3) is 0 Å². The molecule has 0 atom stereocenters. The molecule has 0 fully saturated rings. The monoisotopic (exact) mass is 260 g/mol. The van der Waals surface area contributed by atoms with Crippen molar-refractivity contribution in [3.63, 3.8) is 0 Å². The topological polar surface area (TPSA) is 61.3 Å². The fourth-order valence-corrected chi connectivity index (χ4v) is 2.08. The van der Waals surface area contributed by atoms with Crippen molar-refractivity contribution in [2.75, 3.05) is 13.7 Å². The van der Waals surface area contributed by atoms with Gasteiger partial charge in [0.1, 0.15) is 5.75 Å². The molecule has 2 rings (SSSR count). The Kier molecular flexibility index (Phi) is 4.22. The zero-order valence-electron chi connectivity index (χ0n) is 11.6. The fraction of sp³-hybridized carbons (Fsp3) is 0.400. The molecule has 2 N–H and O–H groups in total. The molecule has 0 amide bonds. The SMILES string of the molecule is COc1ccc(C(C)C)cc1-c1oncc1CCN. The lowest BCUT2D eigenvalue weighted by molar-refractivity contribution is 0.405. The molecule has 0 aliphatic heterocycles. The van der Waals surface area contributed by atoms with Crippen molar-refractivity contribution in [3.05, 3.63) is 35.5 Å². The molecule has 102 valence electrons. The Balaban J connectivity index is 2.52. The minimum atomic E-state index is 0.450. The predicted octanol–water partition coefficient (Wildman–Crippen LogP) is 2.97. The third-order valence-corrected chi connectivity index (χ3v) is 3.19. The van der Waals surface area contributed by atoms with Crippen molar-refractivity contribution in [1.29, 1.82) is 0 Å². The van der Waals surface area contributed by atoms with Crippen LogP contribution in [0.1, 0.15) is 30.9 Å². The van der Waals surface area contributed by atoms with E-state index in [0.717, 1.165) is 29.1 Å². The summed E-state index contributed by atoms with van der Waals surface area (Å²) in [5.74, 6) is 2.00. The second-order valence-electron chi connectivity index (χ2n) is 4.83.